The third-order valence-corrected chi connectivity index (χ3v) is 7.06. The van der Waals surface area contributed by atoms with Gasteiger partial charge in [0.1, 0.15) is 5.75 Å². The second-order valence-corrected chi connectivity index (χ2v) is 9.25. The van der Waals surface area contributed by atoms with E-state index >= 15 is 0 Å². The molecule has 6 heteroatoms. The Bertz CT molecular complexity index is 1030. The van der Waals surface area contributed by atoms with Crippen LogP contribution in [0.1, 0.15) is 35.4 Å². The van der Waals surface area contributed by atoms with Gasteiger partial charge < -0.3 is 4.74 Å². The average Bonchev–Trinajstić information content (AvgIpc) is 3.30. The van der Waals surface area contributed by atoms with Crippen molar-refractivity contribution in [1.82, 2.24) is 9.80 Å². The Balaban J connectivity index is 1.46. The Kier molecular flexibility index (Phi) is 6.61. The lowest BCUT2D eigenvalue weighted by molar-refractivity contribution is -0.275. The minimum absolute atomic E-state index is 0.108. The first-order chi connectivity index (χ1) is 16.5. The van der Waals surface area contributed by atoms with Gasteiger partial charge in [-0.3, -0.25) is 9.80 Å². The number of alkyl halides is 3. The van der Waals surface area contributed by atoms with E-state index in [9.17, 15) is 13.2 Å². The summed E-state index contributed by atoms with van der Waals surface area (Å²) in [6.45, 7) is 3.13. The molecule has 0 radical (unpaired) electrons. The van der Waals surface area contributed by atoms with Gasteiger partial charge in [-0.1, -0.05) is 78.9 Å². The molecular weight excluding hydrogens is 437 g/mol. The fourth-order valence-corrected chi connectivity index (χ4v) is 5.72. The van der Waals surface area contributed by atoms with Crippen molar-refractivity contribution in [3.05, 3.63) is 102 Å². The Morgan fingerprint density at radius 2 is 1.44 bits per heavy atom. The van der Waals surface area contributed by atoms with E-state index in [1.54, 1.807) is 18.2 Å². The number of piperazine rings is 1. The maximum Gasteiger partial charge on any atom is 0.573 e. The maximum absolute atomic E-state index is 13.0. The first-order valence-corrected chi connectivity index (χ1v) is 11.9. The highest BCUT2D eigenvalue weighted by atomic mass is 19.4. The first kappa shape index (κ1) is 22.9. The van der Waals surface area contributed by atoms with Gasteiger partial charge in [-0.2, -0.15) is 0 Å². The van der Waals surface area contributed by atoms with Crippen LogP contribution in [0.3, 0.4) is 0 Å². The number of nitrogens with zero attached hydrogens (tertiary/aromatic N) is 2. The summed E-state index contributed by atoms with van der Waals surface area (Å²) in [5.41, 5.74) is 3.11. The number of hydrogen-bond donors (Lipinski definition) is 0. The fraction of sp³-hybridized carbons (Fsp3) is 0.357. The first-order valence-electron chi connectivity index (χ1n) is 11.9. The van der Waals surface area contributed by atoms with Gasteiger partial charge in [0.25, 0.3) is 0 Å². The van der Waals surface area contributed by atoms with E-state index in [0.717, 1.165) is 32.5 Å². The molecule has 0 amide bonds. The second kappa shape index (κ2) is 9.80. The van der Waals surface area contributed by atoms with Crippen LogP contribution in [-0.2, 0) is 6.54 Å². The smallest absolute Gasteiger partial charge is 0.405 e. The summed E-state index contributed by atoms with van der Waals surface area (Å²) in [6, 6.07) is 28.3. The van der Waals surface area contributed by atoms with E-state index in [-0.39, 0.29) is 17.7 Å². The summed E-state index contributed by atoms with van der Waals surface area (Å²) in [4.78, 5) is 4.95. The Labute approximate surface area is 198 Å². The molecule has 3 aromatic rings. The van der Waals surface area contributed by atoms with Gasteiger partial charge in [0, 0.05) is 43.2 Å². The van der Waals surface area contributed by atoms with Crippen molar-refractivity contribution in [1.29, 1.82) is 0 Å². The molecule has 2 unspecified atom stereocenters. The van der Waals surface area contributed by atoms with Gasteiger partial charge in [-0.05, 0) is 36.6 Å². The van der Waals surface area contributed by atoms with E-state index in [4.69, 9.17) is 0 Å². The van der Waals surface area contributed by atoms with Crippen molar-refractivity contribution in [2.24, 2.45) is 0 Å². The van der Waals surface area contributed by atoms with Crippen molar-refractivity contribution in [3.63, 3.8) is 0 Å². The number of para-hydroxylation sites is 1. The molecule has 0 aliphatic carbocycles. The van der Waals surface area contributed by atoms with Gasteiger partial charge in [0.15, 0.2) is 0 Å². The van der Waals surface area contributed by atoms with Crippen molar-refractivity contribution < 1.29 is 17.9 Å². The van der Waals surface area contributed by atoms with Crippen LogP contribution in [0.25, 0.3) is 0 Å². The van der Waals surface area contributed by atoms with Crippen LogP contribution in [0.15, 0.2) is 84.9 Å². The zero-order valence-electron chi connectivity index (χ0n) is 19.0. The summed E-state index contributed by atoms with van der Waals surface area (Å²) < 4.78 is 43.3. The van der Waals surface area contributed by atoms with Crippen LogP contribution in [0.4, 0.5) is 13.2 Å². The number of halogens is 3. The summed E-state index contributed by atoms with van der Waals surface area (Å²) in [5, 5.41) is 0. The van der Waals surface area contributed by atoms with E-state index in [2.05, 4.69) is 63.1 Å². The van der Waals surface area contributed by atoms with Gasteiger partial charge in [0.05, 0.1) is 0 Å². The molecular formula is C28H29F3N2O. The van der Waals surface area contributed by atoms with E-state index in [1.165, 1.54) is 17.2 Å². The lowest BCUT2D eigenvalue weighted by Crippen LogP contribution is -2.57. The Morgan fingerprint density at radius 3 is 2.09 bits per heavy atom. The normalized spacial score (nSPS) is 21.5. The third-order valence-electron chi connectivity index (χ3n) is 7.06. The number of ether oxygens (including phenoxy) is 1. The van der Waals surface area contributed by atoms with Gasteiger partial charge in [-0.25, -0.2) is 0 Å². The minimum Gasteiger partial charge on any atom is -0.405 e. The number of benzene rings is 3. The quantitative estimate of drug-likeness (QED) is 0.439. The molecule has 3 aromatic carbocycles. The van der Waals surface area contributed by atoms with Gasteiger partial charge in [-0.15, -0.1) is 13.2 Å². The average molecular weight is 467 g/mol. The molecule has 178 valence electrons. The summed E-state index contributed by atoms with van der Waals surface area (Å²) >= 11 is 0. The molecule has 0 saturated carbocycles. The summed E-state index contributed by atoms with van der Waals surface area (Å²) in [6.07, 6.45) is -2.43. The Hall–Kier alpha value is -2.83. The topological polar surface area (TPSA) is 15.7 Å². The van der Waals surface area contributed by atoms with Crippen LogP contribution >= 0.6 is 0 Å². The molecule has 2 aliphatic rings. The molecule has 2 aliphatic heterocycles. The SMILES string of the molecule is FC(F)(F)Oc1ccccc1CN1CC2CCCN2C(C(c2ccccc2)c2ccccc2)C1. The van der Waals surface area contributed by atoms with Crippen LogP contribution in [-0.4, -0.2) is 47.9 Å². The van der Waals surface area contributed by atoms with Crippen molar-refractivity contribution >= 4 is 0 Å². The molecule has 0 spiro atoms. The van der Waals surface area contributed by atoms with Crippen LogP contribution in [0, 0.1) is 0 Å². The van der Waals surface area contributed by atoms with E-state index in [1.807, 2.05) is 12.1 Å². The molecule has 34 heavy (non-hydrogen) atoms. The summed E-state index contributed by atoms with van der Waals surface area (Å²) in [5.74, 6) is 0.0792. The maximum atomic E-state index is 13.0. The second-order valence-electron chi connectivity index (χ2n) is 9.25. The molecule has 0 aromatic heterocycles. The number of hydrogen-bond acceptors (Lipinski definition) is 3. The van der Waals surface area contributed by atoms with Crippen LogP contribution < -0.4 is 4.74 Å². The highest BCUT2D eigenvalue weighted by Gasteiger charge is 2.42. The van der Waals surface area contributed by atoms with Crippen LogP contribution in [0.2, 0.25) is 0 Å². The van der Waals surface area contributed by atoms with Gasteiger partial charge in [0.2, 0.25) is 0 Å². The molecule has 3 nitrogen and oxygen atoms in total. The van der Waals surface area contributed by atoms with E-state index in [0.29, 0.717) is 18.2 Å². The molecule has 5 rings (SSSR count). The molecule has 2 atom stereocenters. The molecule has 2 heterocycles. The predicted octanol–water partition coefficient (Wildman–Crippen LogP) is 6.07. The van der Waals surface area contributed by atoms with Gasteiger partial charge >= 0.3 is 6.36 Å². The highest BCUT2D eigenvalue weighted by Crippen LogP contribution is 2.38. The minimum atomic E-state index is -4.70. The highest BCUT2D eigenvalue weighted by molar-refractivity contribution is 5.36. The number of fused-ring (bicyclic) bond motifs is 1. The van der Waals surface area contributed by atoms with Crippen molar-refractivity contribution in [3.8, 4) is 5.75 Å². The summed E-state index contributed by atoms with van der Waals surface area (Å²) in [7, 11) is 0. The van der Waals surface area contributed by atoms with Crippen molar-refractivity contribution in [2.75, 3.05) is 19.6 Å². The zero-order valence-corrected chi connectivity index (χ0v) is 19.0. The largest absolute Gasteiger partial charge is 0.573 e. The fourth-order valence-electron chi connectivity index (χ4n) is 5.72. The number of rotatable bonds is 6. The van der Waals surface area contributed by atoms with E-state index < -0.39 is 6.36 Å². The predicted molar refractivity (Wildman–Crippen MR) is 127 cm³/mol. The Morgan fingerprint density at radius 1 is 0.824 bits per heavy atom. The molecule has 0 bridgehead atoms. The lowest BCUT2D eigenvalue weighted by Gasteiger charge is -2.47. The zero-order chi connectivity index (χ0) is 23.5. The molecule has 0 N–H and O–H groups in total. The van der Waals surface area contributed by atoms with Crippen molar-refractivity contribution in [2.45, 2.75) is 43.8 Å². The monoisotopic (exact) mass is 466 g/mol. The lowest BCUT2D eigenvalue weighted by atomic mass is 9.82. The molecule has 2 fully saturated rings. The molecule has 2 saturated heterocycles. The van der Waals surface area contributed by atoms with Crippen LogP contribution in [0.5, 0.6) is 5.75 Å². The third kappa shape index (κ3) is 5.13. The standard InChI is InChI=1S/C28H29F3N2O/c29-28(30,31)34-26-16-8-7-14-23(26)18-32-19-24-15-9-17-33(24)25(20-32)27(21-10-3-1-4-11-21)22-12-5-2-6-13-22/h1-8,10-14,16,24-25,27H,9,15,17-20H2.